The Kier molecular flexibility index (Phi) is 3.76. The normalized spacial score (nSPS) is 28.4. The molecule has 4 rings (SSSR count). The van der Waals surface area contributed by atoms with E-state index >= 15 is 0 Å². The van der Waals surface area contributed by atoms with Crippen molar-refractivity contribution in [2.75, 3.05) is 19.6 Å². The molecule has 1 aliphatic carbocycles. The van der Waals surface area contributed by atoms with Gasteiger partial charge in [0.25, 0.3) is 5.91 Å². The zero-order chi connectivity index (χ0) is 17.6. The molecule has 2 fully saturated rings. The van der Waals surface area contributed by atoms with Gasteiger partial charge in [0.15, 0.2) is 0 Å². The molecule has 3 aliphatic rings. The van der Waals surface area contributed by atoms with Gasteiger partial charge in [0.05, 0.1) is 0 Å². The lowest BCUT2D eigenvalue weighted by molar-refractivity contribution is -0.139. The van der Waals surface area contributed by atoms with Crippen LogP contribution in [0.5, 0.6) is 0 Å². The molecule has 2 unspecified atom stereocenters. The largest absolute Gasteiger partial charge is 0.340 e. The predicted molar refractivity (Wildman–Crippen MR) is 90.5 cm³/mol. The number of rotatable bonds is 2. The van der Waals surface area contributed by atoms with Crippen molar-refractivity contribution in [2.45, 2.75) is 37.3 Å². The second-order valence-electron chi connectivity index (χ2n) is 7.13. The number of nitrogens with two attached hydrogens (primary N) is 1. The van der Waals surface area contributed by atoms with E-state index in [0.717, 1.165) is 35.3 Å². The summed E-state index contributed by atoms with van der Waals surface area (Å²) < 4.78 is 0. The maximum Gasteiger partial charge on any atom is 0.325 e. The van der Waals surface area contributed by atoms with Crippen LogP contribution in [0, 0.1) is 0 Å². The number of imide groups is 1. The van der Waals surface area contributed by atoms with E-state index in [1.165, 1.54) is 0 Å². The summed E-state index contributed by atoms with van der Waals surface area (Å²) in [5.74, 6) is -0.543. The smallest absolute Gasteiger partial charge is 0.325 e. The molecule has 4 amide bonds. The van der Waals surface area contributed by atoms with Crippen LogP contribution in [0.25, 0.3) is 0 Å². The molecule has 1 spiro atoms. The number of piperidine rings is 1. The van der Waals surface area contributed by atoms with Gasteiger partial charge in [0.1, 0.15) is 12.1 Å². The molecule has 2 aliphatic heterocycles. The Hall–Kier alpha value is -2.41. The second-order valence-corrected chi connectivity index (χ2v) is 7.13. The molecule has 0 aromatic heterocycles. The minimum Gasteiger partial charge on any atom is -0.340 e. The number of urea groups is 1. The van der Waals surface area contributed by atoms with Crippen LogP contribution in [-0.2, 0) is 21.5 Å². The summed E-state index contributed by atoms with van der Waals surface area (Å²) >= 11 is 0. The van der Waals surface area contributed by atoms with E-state index < -0.39 is 11.6 Å². The van der Waals surface area contributed by atoms with Crippen molar-refractivity contribution in [2.24, 2.45) is 5.73 Å². The van der Waals surface area contributed by atoms with Crippen molar-refractivity contribution in [3.8, 4) is 0 Å². The van der Waals surface area contributed by atoms with Crippen molar-refractivity contribution >= 4 is 17.8 Å². The third kappa shape index (κ3) is 2.50. The number of aryl methyl sites for hydroxylation is 1. The maximum atomic E-state index is 13.0. The van der Waals surface area contributed by atoms with Gasteiger partial charge in [0.2, 0.25) is 5.91 Å². The second kappa shape index (κ2) is 5.84. The van der Waals surface area contributed by atoms with Crippen LogP contribution in [0.2, 0.25) is 0 Å². The highest BCUT2D eigenvalue weighted by Crippen LogP contribution is 2.41. The molecule has 1 aromatic carbocycles. The van der Waals surface area contributed by atoms with E-state index in [4.69, 9.17) is 5.73 Å². The summed E-state index contributed by atoms with van der Waals surface area (Å²) in [6, 6.07) is 7.14. The minimum absolute atomic E-state index is 0.0335. The van der Waals surface area contributed by atoms with Gasteiger partial charge in [-0.2, -0.15) is 0 Å². The van der Waals surface area contributed by atoms with E-state index in [-0.39, 0.29) is 24.4 Å². The first-order valence-electron chi connectivity index (χ1n) is 8.77. The van der Waals surface area contributed by atoms with Crippen LogP contribution in [0.3, 0.4) is 0 Å². The van der Waals surface area contributed by atoms with Crippen molar-refractivity contribution in [1.29, 1.82) is 0 Å². The van der Waals surface area contributed by atoms with Gasteiger partial charge in [-0.25, -0.2) is 4.79 Å². The molecule has 7 heteroatoms. The number of nitrogens with one attached hydrogen (secondary N) is 1. The summed E-state index contributed by atoms with van der Waals surface area (Å²) in [6.07, 6.45) is 3.03. The Bertz CT molecular complexity index is 750. The van der Waals surface area contributed by atoms with E-state index in [1.807, 2.05) is 24.3 Å². The summed E-state index contributed by atoms with van der Waals surface area (Å²) in [6.45, 7) is 0.891. The molecule has 2 heterocycles. The average Bonchev–Trinajstić information content (AvgIpc) is 3.09. The highest BCUT2D eigenvalue weighted by Gasteiger charge is 2.55. The lowest BCUT2D eigenvalue weighted by Crippen LogP contribution is -2.50. The fourth-order valence-electron chi connectivity index (χ4n) is 4.20. The van der Waals surface area contributed by atoms with Crippen molar-refractivity contribution in [3.63, 3.8) is 0 Å². The molecule has 2 saturated heterocycles. The lowest BCUT2D eigenvalue weighted by Gasteiger charge is -2.31. The van der Waals surface area contributed by atoms with Crippen molar-refractivity contribution in [3.05, 3.63) is 35.4 Å². The molecule has 0 saturated carbocycles. The van der Waals surface area contributed by atoms with E-state index in [0.29, 0.717) is 19.5 Å². The van der Waals surface area contributed by atoms with Crippen LogP contribution in [0.4, 0.5) is 4.79 Å². The van der Waals surface area contributed by atoms with Crippen LogP contribution in [0.15, 0.2) is 24.3 Å². The molecule has 25 heavy (non-hydrogen) atoms. The monoisotopic (exact) mass is 342 g/mol. The van der Waals surface area contributed by atoms with E-state index in [9.17, 15) is 14.4 Å². The van der Waals surface area contributed by atoms with Gasteiger partial charge in [-0.15, -0.1) is 0 Å². The lowest BCUT2D eigenvalue weighted by atomic mass is 9.92. The van der Waals surface area contributed by atoms with Crippen molar-refractivity contribution in [1.82, 2.24) is 15.1 Å². The van der Waals surface area contributed by atoms with E-state index in [1.54, 1.807) is 4.90 Å². The maximum absolute atomic E-state index is 13.0. The van der Waals surface area contributed by atoms with Gasteiger partial charge < -0.3 is 16.0 Å². The Labute approximate surface area is 146 Å². The zero-order valence-corrected chi connectivity index (χ0v) is 14.0. The summed E-state index contributed by atoms with van der Waals surface area (Å²) in [5, 5.41) is 2.84. The first-order valence-corrected chi connectivity index (χ1v) is 8.77. The molecular formula is C18H22N4O3. The standard InChI is InChI=1S/C18H22N4O3/c19-13-5-3-9-21(10-13)15(23)11-22-16(24)18(20-17(22)25)8-7-12-4-1-2-6-14(12)18/h1-2,4,6,13H,3,5,7-11,19H2,(H,20,25). The third-order valence-electron chi connectivity index (χ3n) is 5.53. The summed E-state index contributed by atoms with van der Waals surface area (Å²) in [7, 11) is 0. The fraction of sp³-hybridized carbons (Fsp3) is 0.500. The van der Waals surface area contributed by atoms with Gasteiger partial charge in [-0.1, -0.05) is 24.3 Å². The molecule has 1 aromatic rings. The van der Waals surface area contributed by atoms with Crippen LogP contribution >= 0.6 is 0 Å². The average molecular weight is 342 g/mol. The van der Waals surface area contributed by atoms with Gasteiger partial charge in [0, 0.05) is 19.1 Å². The van der Waals surface area contributed by atoms with Gasteiger partial charge in [-0.3, -0.25) is 14.5 Å². The number of benzene rings is 1. The van der Waals surface area contributed by atoms with Gasteiger partial charge >= 0.3 is 6.03 Å². The predicted octanol–water partition coefficient (Wildman–Crippen LogP) is 0.330. The SMILES string of the molecule is NC1CCCN(C(=O)CN2C(=O)NC3(CCc4ccccc43)C2=O)C1. The Morgan fingerprint density at radius 1 is 1.32 bits per heavy atom. The molecular weight excluding hydrogens is 320 g/mol. The topological polar surface area (TPSA) is 95.7 Å². The Balaban J connectivity index is 1.54. The number of carbonyl (C=O) groups is 3. The van der Waals surface area contributed by atoms with Crippen LogP contribution in [-0.4, -0.2) is 53.3 Å². The fourth-order valence-corrected chi connectivity index (χ4v) is 4.20. The number of carbonyl (C=O) groups excluding carboxylic acids is 3. The number of fused-ring (bicyclic) bond motifs is 2. The quantitative estimate of drug-likeness (QED) is 0.757. The molecule has 2 atom stereocenters. The first kappa shape index (κ1) is 16.1. The van der Waals surface area contributed by atoms with Crippen LogP contribution < -0.4 is 11.1 Å². The molecule has 132 valence electrons. The Morgan fingerprint density at radius 3 is 2.92 bits per heavy atom. The third-order valence-corrected chi connectivity index (χ3v) is 5.53. The molecule has 0 radical (unpaired) electrons. The zero-order valence-electron chi connectivity index (χ0n) is 14.0. The number of likely N-dealkylation sites (tertiary alicyclic amines) is 1. The highest BCUT2D eigenvalue weighted by molar-refractivity contribution is 6.09. The molecule has 3 N–H and O–H groups in total. The van der Waals surface area contributed by atoms with Crippen LogP contribution in [0.1, 0.15) is 30.4 Å². The summed E-state index contributed by atoms with van der Waals surface area (Å²) in [4.78, 5) is 40.7. The number of hydrogen-bond acceptors (Lipinski definition) is 4. The minimum atomic E-state index is -1.01. The highest BCUT2D eigenvalue weighted by atomic mass is 16.2. The van der Waals surface area contributed by atoms with Gasteiger partial charge in [-0.05, 0) is 36.8 Å². The van der Waals surface area contributed by atoms with E-state index in [2.05, 4.69) is 5.32 Å². The Morgan fingerprint density at radius 2 is 2.12 bits per heavy atom. The first-order chi connectivity index (χ1) is 12.0. The molecule has 7 nitrogen and oxygen atoms in total. The number of nitrogens with zero attached hydrogens (tertiary/aromatic N) is 2. The van der Waals surface area contributed by atoms with Crippen molar-refractivity contribution < 1.29 is 14.4 Å². The number of amides is 4. The molecule has 0 bridgehead atoms. The number of hydrogen-bond donors (Lipinski definition) is 2. The summed E-state index contributed by atoms with van der Waals surface area (Å²) in [5.41, 5.74) is 6.84.